The van der Waals surface area contributed by atoms with Crippen molar-refractivity contribution in [2.45, 2.75) is 50.0 Å². The Balaban J connectivity index is 1.37. The van der Waals surface area contributed by atoms with Gasteiger partial charge in [-0.25, -0.2) is 8.42 Å². The first-order valence-corrected chi connectivity index (χ1v) is 12.6. The normalized spacial score (nSPS) is 25.8. The molecule has 2 amide bonds. The summed E-state index contributed by atoms with van der Waals surface area (Å²) in [6.45, 7) is 4.73. The molecule has 1 aromatic rings. The van der Waals surface area contributed by atoms with Crippen molar-refractivity contribution in [1.29, 1.82) is 0 Å². The zero-order valence-electron chi connectivity index (χ0n) is 18.0. The topological polar surface area (TPSA) is 96.0 Å². The Hall–Kier alpha value is -1.97. The second-order valence-corrected chi connectivity index (χ2v) is 10.8. The summed E-state index contributed by atoms with van der Waals surface area (Å²) in [5.74, 6) is -0.124. The molecule has 3 fully saturated rings. The Morgan fingerprint density at radius 1 is 1.16 bits per heavy atom. The van der Waals surface area contributed by atoms with Crippen LogP contribution in [0, 0.1) is 11.8 Å². The van der Waals surface area contributed by atoms with E-state index in [0.717, 1.165) is 32.3 Å². The highest BCUT2D eigenvalue weighted by Gasteiger charge is 2.36. The summed E-state index contributed by atoms with van der Waals surface area (Å²) in [5.41, 5.74) is 0.616. The molecule has 0 aliphatic carbocycles. The van der Waals surface area contributed by atoms with E-state index in [-0.39, 0.29) is 29.2 Å². The van der Waals surface area contributed by atoms with E-state index in [2.05, 4.69) is 12.2 Å². The average Bonchev–Trinajstić information content (AvgIpc) is 3.42. The van der Waals surface area contributed by atoms with E-state index in [9.17, 15) is 18.0 Å². The third-order valence-corrected chi connectivity index (χ3v) is 8.47. The molecule has 3 aliphatic rings. The number of rotatable bonds is 6. The van der Waals surface area contributed by atoms with E-state index in [0.29, 0.717) is 37.8 Å². The molecular weight excluding hydrogens is 418 g/mol. The van der Waals surface area contributed by atoms with Gasteiger partial charge < -0.3 is 15.0 Å². The molecule has 3 heterocycles. The maximum absolute atomic E-state index is 12.9. The van der Waals surface area contributed by atoms with Gasteiger partial charge in [0, 0.05) is 44.9 Å². The van der Waals surface area contributed by atoms with Gasteiger partial charge in [-0.2, -0.15) is 4.31 Å². The zero-order chi connectivity index (χ0) is 22.0. The number of hydrogen-bond donors (Lipinski definition) is 1. The number of nitrogens with zero attached hydrogens (tertiary/aromatic N) is 2. The lowest BCUT2D eigenvalue weighted by Crippen LogP contribution is -2.38. The van der Waals surface area contributed by atoms with Crippen LogP contribution in [0.3, 0.4) is 0 Å². The van der Waals surface area contributed by atoms with Crippen LogP contribution in [-0.4, -0.2) is 63.4 Å². The van der Waals surface area contributed by atoms with Crippen molar-refractivity contribution < 1.29 is 22.7 Å². The molecule has 8 nitrogen and oxygen atoms in total. The molecular formula is C22H31N3O5S. The van der Waals surface area contributed by atoms with Gasteiger partial charge >= 0.3 is 0 Å². The van der Waals surface area contributed by atoms with Crippen molar-refractivity contribution in [2.75, 3.05) is 37.7 Å². The highest BCUT2D eigenvalue weighted by atomic mass is 32.2. The minimum Gasteiger partial charge on any atom is -0.376 e. The lowest BCUT2D eigenvalue weighted by Gasteiger charge is -2.29. The molecule has 0 radical (unpaired) electrons. The van der Waals surface area contributed by atoms with Crippen molar-refractivity contribution in [3.05, 3.63) is 24.3 Å². The Labute approximate surface area is 184 Å². The van der Waals surface area contributed by atoms with Gasteiger partial charge in [-0.3, -0.25) is 9.59 Å². The SMILES string of the molecule is CC1CCN(S(=O)(=O)c2ccc(N3C[C@@H](C(=O)NC[C@@H]4CCCO4)CC3=O)cc2)CC1. The molecule has 0 aromatic heterocycles. The molecule has 1 N–H and O–H groups in total. The summed E-state index contributed by atoms with van der Waals surface area (Å²) < 4.78 is 32.9. The van der Waals surface area contributed by atoms with Gasteiger partial charge in [0.1, 0.15) is 0 Å². The highest BCUT2D eigenvalue weighted by Crippen LogP contribution is 2.28. The summed E-state index contributed by atoms with van der Waals surface area (Å²) in [6.07, 6.45) is 3.92. The number of nitrogens with one attached hydrogen (secondary N) is 1. The van der Waals surface area contributed by atoms with E-state index in [4.69, 9.17) is 4.74 Å². The first-order valence-electron chi connectivity index (χ1n) is 11.1. The quantitative estimate of drug-likeness (QED) is 0.714. The zero-order valence-corrected chi connectivity index (χ0v) is 18.8. The number of hydrogen-bond acceptors (Lipinski definition) is 5. The number of sulfonamides is 1. The largest absolute Gasteiger partial charge is 0.376 e. The molecule has 2 atom stereocenters. The van der Waals surface area contributed by atoms with E-state index < -0.39 is 15.9 Å². The molecule has 0 bridgehead atoms. The molecule has 9 heteroatoms. The van der Waals surface area contributed by atoms with Crippen LogP contribution < -0.4 is 10.2 Å². The van der Waals surface area contributed by atoms with Crippen molar-refractivity contribution in [3.63, 3.8) is 0 Å². The molecule has 0 spiro atoms. The molecule has 0 saturated carbocycles. The van der Waals surface area contributed by atoms with Gasteiger partial charge in [0.25, 0.3) is 0 Å². The fourth-order valence-electron chi connectivity index (χ4n) is 4.47. The Kier molecular flexibility index (Phi) is 6.64. The van der Waals surface area contributed by atoms with Crippen LogP contribution in [-0.2, 0) is 24.3 Å². The van der Waals surface area contributed by atoms with Gasteiger partial charge in [-0.1, -0.05) is 6.92 Å². The number of carbonyl (C=O) groups excluding carboxylic acids is 2. The molecule has 1 aromatic carbocycles. The summed E-state index contributed by atoms with van der Waals surface area (Å²) in [7, 11) is -3.53. The molecule has 4 rings (SSSR count). The third-order valence-electron chi connectivity index (χ3n) is 6.55. The van der Waals surface area contributed by atoms with Crippen molar-refractivity contribution in [2.24, 2.45) is 11.8 Å². The number of benzene rings is 1. The smallest absolute Gasteiger partial charge is 0.243 e. The van der Waals surface area contributed by atoms with Gasteiger partial charge in [0.15, 0.2) is 0 Å². The molecule has 0 unspecified atom stereocenters. The van der Waals surface area contributed by atoms with E-state index in [1.54, 1.807) is 29.2 Å². The van der Waals surface area contributed by atoms with Crippen molar-refractivity contribution >= 4 is 27.5 Å². The number of carbonyl (C=O) groups is 2. The molecule has 3 aliphatic heterocycles. The lowest BCUT2D eigenvalue weighted by atomic mass is 10.0. The van der Waals surface area contributed by atoms with Crippen LogP contribution in [0.5, 0.6) is 0 Å². The first kappa shape index (κ1) is 22.2. The number of piperidine rings is 1. The molecule has 3 saturated heterocycles. The minimum absolute atomic E-state index is 0.0646. The van der Waals surface area contributed by atoms with Gasteiger partial charge in [0.05, 0.1) is 16.9 Å². The Bertz CT molecular complexity index is 904. The number of ether oxygens (including phenoxy) is 1. The van der Waals surface area contributed by atoms with Gasteiger partial charge in [0.2, 0.25) is 21.8 Å². The lowest BCUT2D eigenvalue weighted by molar-refractivity contribution is -0.126. The predicted molar refractivity (Wildman–Crippen MR) is 116 cm³/mol. The Morgan fingerprint density at radius 3 is 2.52 bits per heavy atom. The summed E-state index contributed by atoms with van der Waals surface area (Å²) in [4.78, 5) is 26.8. The van der Waals surface area contributed by atoms with Crippen molar-refractivity contribution in [3.8, 4) is 0 Å². The van der Waals surface area contributed by atoms with Crippen LogP contribution >= 0.6 is 0 Å². The summed E-state index contributed by atoms with van der Waals surface area (Å²) >= 11 is 0. The monoisotopic (exact) mass is 449 g/mol. The third kappa shape index (κ3) is 4.94. The van der Waals surface area contributed by atoms with Gasteiger partial charge in [-0.05, 0) is 55.9 Å². The summed E-state index contributed by atoms with van der Waals surface area (Å²) in [6, 6.07) is 6.43. The van der Waals surface area contributed by atoms with Crippen LogP contribution in [0.1, 0.15) is 39.0 Å². The number of amides is 2. The van der Waals surface area contributed by atoms with E-state index in [1.165, 1.54) is 4.31 Å². The molecule has 170 valence electrons. The fraction of sp³-hybridized carbons (Fsp3) is 0.636. The van der Waals surface area contributed by atoms with E-state index in [1.807, 2.05) is 0 Å². The van der Waals surface area contributed by atoms with E-state index >= 15 is 0 Å². The first-order chi connectivity index (χ1) is 14.8. The average molecular weight is 450 g/mol. The fourth-order valence-corrected chi connectivity index (χ4v) is 5.94. The van der Waals surface area contributed by atoms with Crippen molar-refractivity contribution in [1.82, 2.24) is 9.62 Å². The summed E-state index contributed by atoms with van der Waals surface area (Å²) in [5, 5.41) is 2.90. The second-order valence-electron chi connectivity index (χ2n) is 8.87. The maximum atomic E-state index is 12.9. The minimum atomic E-state index is -3.53. The van der Waals surface area contributed by atoms with Crippen LogP contribution in [0.4, 0.5) is 5.69 Å². The second kappa shape index (κ2) is 9.26. The Morgan fingerprint density at radius 2 is 1.87 bits per heavy atom. The highest BCUT2D eigenvalue weighted by molar-refractivity contribution is 7.89. The van der Waals surface area contributed by atoms with Crippen LogP contribution in [0.2, 0.25) is 0 Å². The molecule has 31 heavy (non-hydrogen) atoms. The standard InChI is InChI=1S/C22H31N3O5S/c1-16-8-10-24(11-9-16)31(28,29)20-6-4-18(5-7-20)25-15-17(13-21(25)26)22(27)23-14-19-3-2-12-30-19/h4-7,16-17,19H,2-3,8-15H2,1H3,(H,23,27)/t17-,19-/m0/s1. The van der Waals surface area contributed by atoms with Crippen LogP contribution in [0.15, 0.2) is 29.2 Å². The maximum Gasteiger partial charge on any atom is 0.243 e. The van der Waals surface area contributed by atoms with Crippen LogP contribution in [0.25, 0.3) is 0 Å². The van der Waals surface area contributed by atoms with Gasteiger partial charge in [-0.15, -0.1) is 0 Å². The predicted octanol–water partition coefficient (Wildman–Crippen LogP) is 1.76. The number of anilines is 1.